The second kappa shape index (κ2) is 7.73. The van der Waals surface area contributed by atoms with Gasteiger partial charge in [-0.15, -0.1) is 0 Å². The van der Waals surface area contributed by atoms with Crippen LogP contribution >= 0.6 is 0 Å². The summed E-state index contributed by atoms with van der Waals surface area (Å²) in [5.41, 5.74) is 11.2. The molecular weight excluding hydrogens is 310 g/mol. The average molecular weight is 331 g/mol. The van der Waals surface area contributed by atoms with Crippen molar-refractivity contribution in [3.05, 3.63) is 89.2 Å². The summed E-state index contributed by atoms with van der Waals surface area (Å²) in [6.45, 7) is 2.97. The molecule has 0 saturated carbocycles. The molecule has 3 aromatic rings. The number of hydrogen-bond donors (Lipinski definition) is 2. The first-order valence-corrected chi connectivity index (χ1v) is 8.26. The van der Waals surface area contributed by atoms with Crippen LogP contribution in [0.5, 0.6) is 0 Å². The predicted molar refractivity (Wildman–Crippen MR) is 99.9 cm³/mol. The van der Waals surface area contributed by atoms with Gasteiger partial charge < -0.3 is 11.1 Å². The third-order valence-electron chi connectivity index (χ3n) is 4.20. The number of aromatic nitrogens is 1. The van der Waals surface area contributed by atoms with E-state index in [1.165, 1.54) is 0 Å². The summed E-state index contributed by atoms with van der Waals surface area (Å²) in [7, 11) is 0. The molecule has 0 bridgehead atoms. The van der Waals surface area contributed by atoms with Gasteiger partial charge in [0.15, 0.2) is 0 Å². The molecule has 0 radical (unpaired) electrons. The van der Waals surface area contributed by atoms with Gasteiger partial charge in [0.05, 0.1) is 0 Å². The number of benzene rings is 2. The molecule has 25 heavy (non-hydrogen) atoms. The molecule has 0 unspecified atom stereocenters. The van der Waals surface area contributed by atoms with E-state index in [0.29, 0.717) is 18.8 Å². The standard InChI is InChI=1S/C21H21N3O/c1-15-6-2-3-8-18(15)14-24-21(25)20-19(10-5-11-23-20)17-9-4-7-16(12-17)13-22/h2-12H,13-14,22H2,1H3,(H,24,25). The van der Waals surface area contributed by atoms with Crippen LogP contribution in [-0.4, -0.2) is 10.9 Å². The third-order valence-corrected chi connectivity index (χ3v) is 4.20. The summed E-state index contributed by atoms with van der Waals surface area (Å²) in [6.07, 6.45) is 1.64. The smallest absolute Gasteiger partial charge is 0.270 e. The number of carbonyl (C=O) groups excluding carboxylic acids is 1. The Hall–Kier alpha value is -2.98. The summed E-state index contributed by atoms with van der Waals surface area (Å²) in [5, 5.41) is 2.97. The quantitative estimate of drug-likeness (QED) is 0.752. The molecule has 0 aliphatic rings. The van der Waals surface area contributed by atoms with Crippen LogP contribution < -0.4 is 11.1 Å². The highest BCUT2D eigenvalue weighted by molar-refractivity contribution is 5.98. The number of hydrogen-bond acceptors (Lipinski definition) is 3. The molecule has 4 nitrogen and oxygen atoms in total. The number of nitrogens with zero attached hydrogens (tertiary/aromatic N) is 1. The van der Waals surface area contributed by atoms with Crippen LogP contribution in [0.2, 0.25) is 0 Å². The van der Waals surface area contributed by atoms with Crippen molar-refractivity contribution >= 4 is 5.91 Å². The van der Waals surface area contributed by atoms with Crippen molar-refractivity contribution in [2.75, 3.05) is 0 Å². The van der Waals surface area contributed by atoms with Gasteiger partial charge in [0.2, 0.25) is 0 Å². The van der Waals surface area contributed by atoms with E-state index >= 15 is 0 Å². The van der Waals surface area contributed by atoms with E-state index in [9.17, 15) is 4.79 Å². The molecule has 4 heteroatoms. The van der Waals surface area contributed by atoms with Crippen LogP contribution in [-0.2, 0) is 13.1 Å². The minimum Gasteiger partial charge on any atom is -0.347 e. The van der Waals surface area contributed by atoms with Gasteiger partial charge >= 0.3 is 0 Å². The molecular formula is C21H21N3O. The lowest BCUT2D eigenvalue weighted by Gasteiger charge is -2.11. The van der Waals surface area contributed by atoms with Crippen molar-refractivity contribution in [3.63, 3.8) is 0 Å². The van der Waals surface area contributed by atoms with Gasteiger partial charge in [-0.1, -0.05) is 48.5 Å². The van der Waals surface area contributed by atoms with Crippen LogP contribution in [0.15, 0.2) is 66.9 Å². The van der Waals surface area contributed by atoms with Crippen LogP contribution in [0, 0.1) is 6.92 Å². The van der Waals surface area contributed by atoms with Gasteiger partial charge in [-0.2, -0.15) is 0 Å². The summed E-state index contributed by atoms with van der Waals surface area (Å²) in [4.78, 5) is 17.0. The van der Waals surface area contributed by atoms with Gasteiger partial charge in [0, 0.05) is 24.8 Å². The molecule has 3 N–H and O–H groups in total. The van der Waals surface area contributed by atoms with Gasteiger partial charge in [-0.05, 0) is 41.3 Å². The minimum atomic E-state index is -0.183. The number of nitrogens with two attached hydrogens (primary N) is 1. The predicted octanol–water partition coefficient (Wildman–Crippen LogP) is 3.45. The minimum absolute atomic E-state index is 0.183. The maximum absolute atomic E-state index is 12.7. The first-order chi connectivity index (χ1) is 12.2. The number of pyridine rings is 1. The fourth-order valence-electron chi connectivity index (χ4n) is 2.75. The Morgan fingerprint density at radius 3 is 2.72 bits per heavy atom. The van der Waals surface area contributed by atoms with Crippen LogP contribution in [0.3, 0.4) is 0 Å². The first-order valence-electron chi connectivity index (χ1n) is 8.26. The number of aryl methyl sites for hydroxylation is 1. The Labute approximate surface area is 147 Å². The van der Waals surface area contributed by atoms with Crippen molar-refractivity contribution in [2.45, 2.75) is 20.0 Å². The van der Waals surface area contributed by atoms with E-state index in [1.54, 1.807) is 6.20 Å². The Bertz CT molecular complexity index is 890. The zero-order valence-electron chi connectivity index (χ0n) is 14.2. The zero-order valence-corrected chi connectivity index (χ0v) is 14.2. The molecule has 2 aromatic carbocycles. The normalized spacial score (nSPS) is 10.5. The number of amides is 1. The molecule has 0 atom stereocenters. The summed E-state index contributed by atoms with van der Waals surface area (Å²) in [5.74, 6) is -0.183. The molecule has 0 aliphatic carbocycles. The molecule has 126 valence electrons. The molecule has 1 aromatic heterocycles. The van der Waals surface area contributed by atoms with E-state index in [4.69, 9.17) is 5.73 Å². The van der Waals surface area contributed by atoms with E-state index in [0.717, 1.165) is 27.8 Å². The van der Waals surface area contributed by atoms with E-state index in [2.05, 4.69) is 10.3 Å². The second-order valence-corrected chi connectivity index (χ2v) is 5.91. The summed E-state index contributed by atoms with van der Waals surface area (Å²) in [6, 6.07) is 19.6. The fourth-order valence-corrected chi connectivity index (χ4v) is 2.75. The summed E-state index contributed by atoms with van der Waals surface area (Å²) < 4.78 is 0. The second-order valence-electron chi connectivity index (χ2n) is 5.91. The fraction of sp³-hybridized carbons (Fsp3) is 0.143. The molecule has 0 aliphatic heterocycles. The Morgan fingerprint density at radius 1 is 1.08 bits per heavy atom. The molecule has 3 rings (SSSR count). The number of rotatable bonds is 5. The maximum Gasteiger partial charge on any atom is 0.270 e. The number of nitrogens with one attached hydrogen (secondary N) is 1. The highest BCUT2D eigenvalue weighted by Gasteiger charge is 2.14. The van der Waals surface area contributed by atoms with Gasteiger partial charge in [0.25, 0.3) is 5.91 Å². The van der Waals surface area contributed by atoms with Gasteiger partial charge in [0.1, 0.15) is 5.69 Å². The van der Waals surface area contributed by atoms with Crippen molar-refractivity contribution in [3.8, 4) is 11.1 Å². The first kappa shape index (κ1) is 16.9. The van der Waals surface area contributed by atoms with E-state index in [-0.39, 0.29) is 5.91 Å². The average Bonchev–Trinajstić information content (AvgIpc) is 2.67. The van der Waals surface area contributed by atoms with Crippen LogP contribution in [0.4, 0.5) is 0 Å². The van der Waals surface area contributed by atoms with Crippen LogP contribution in [0.25, 0.3) is 11.1 Å². The van der Waals surface area contributed by atoms with Gasteiger partial charge in [-0.25, -0.2) is 0 Å². The monoisotopic (exact) mass is 331 g/mol. The molecule has 1 amide bonds. The van der Waals surface area contributed by atoms with Crippen molar-refractivity contribution in [1.29, 1.82) is 0 Å². The van der Waals surface area contributed by atoms with Crippen LogP contribution in [0.1, 0.15) is 27.2 Å². The Kier molecular flexibility index (Phi) is 5.21. The molecule has 0 fully saturated rings. The van der Waals surface area contributed by atoms with E-state index < -0.39 is 0 Å². The lowest BCUT2D eigenvalue weighted by molar-refractivity contribution is 0.0946. The SMILES string of the molecule is Cc1ccccc1CNC(=O)c1ncccc1-c1cccc(CN)c1. The zero-order chi connectivity index (χ0) is 17.6. The highest BCUT2D eigenvalue weighted by atomic mass is 16.1. The number of carbonyl (C=O) groups is 1. The lowest BCUT2D eigenvalue weighted by atomic mass is 10.0. The van der Waals surface area contributed by atoms with Gasteiger partial charge in [-0.3, -0.25) is 9.78 Å². The maximum atomic E-state index is 12.7. The largest absolute Gasteiger partial charge is 0.347 e. The topological polar surface area (TPSA) is 68.0 Å². The molecule has 0 spiro atoms. The third kappa shape index (κ3) is 3.92. The molecule has 0 saturated heterocycles. The van der Waals surface area contributed by atoms with Crippen molar-refractivity contribution in [1.82, 2.24) is 10.3 Å². The Balaban J connectivity index is 1.85. The molecule has 1 heterocycles. The van der Waals surface area contributed by atoms with E-state index in [1.807, 2.05) is 67.6 Å². The Morgan fingerprint density at radius 2 is 1.92 bits per heavy atom. The lowest BCUT2D eigenvalue weighted by Crippen LogP contribution is -2.24. The van der Waals surface area contributed by atoms with Crippen molar-refractivity contribution < 1.29 is 4.79 Å². The van der Waals surface area contributed by atoms with Crippen molar-refractivity contribution in [2.24, 2.45) is 5.73 Å². The summed E-state index contributed by atoms with van der Waals surface area (Å²) >= 11 is 0. The highest BCUT2D eigenvalue weighted by Crippen LogP contribution is 2.23.